The third-order valence-corrected chi connectivity index (χ3v) is 2.12. The van der Waals surface area contributed by atoms with E-state index in [2.05, 4.69) is 5.32 Å². The van der Waals surface area contributed by atoms with E-state index in [9.17, 15) is 5.11 Å². The molecule has 0 saturated heterocycles. The Bertz CT molecular complexity index is 326. The zero-order chi connectivity index (χ0) is 12.0. The smallest absolute Gasteiger partial charge is 0.127 e. The predicted octanol–water partition coefficient (Wildman–Crippen LogP) is 1.17. The molecule has 0 aliphatic rings. The van der Waals surface area contributed by atoms with Gasteiger partial charge in [-0.2, -0.15) is 0 Å². The summed E-state index contributed by atoms with van der Waals surface area (Å²) < 4.78 is 10.7. The highest BCUT2D eigenvalue weighted by molar-refractivity contribution is 5.40. The van der Waals surface area contributed by atoms with E-state index in [4.69, 9.17) is 9.47 Å². The first kappa shape index (κ1) is 12.8. The van der Waals surface area contributed by atoms with Crippen molar-refractivity contribution >= 4 is 0 Å². The summed E-state index contributed by atoms with van der Waals surface area (Å²) in [6.07, 6.45) is -0.478. The molecule has 0 amide bonds. The molecule has 1 rings (SSSR count). The zero-order valence-electron chi connectivity index (χ0n) is 9.99. The Morgan fingerprint density at radius 2 is 2.19 bits per heavy atom. The van der Waals surface area contributed by atoms with Crippen LogP contribution in [0.25, 0.3) is 0 Å². The number of aliphatic hydroxyl groups is 1. The third kappa shape index (κ3) is 3.72. The molecule has 0 aliphatic heterocycles. The molecule has 2 N–H and O–H groups in total. The maximum absolute atomic E-state index is 9.19. The van der Waals surface area contributed by atoms with Crippen LogP contribution in [0.4, 0.5) is 0 Å². The number of methoxy groups -OCH3 is 1. The van der Waals surface area contributed by atoms with E-state index < -0.39 is 6.10 Å². The summed E-state index contributed by atoms with van der Waals surface area (Å²) in [5.41, 5.74) is 1.05. The monoisotopic (exact) mass is 225 g/mol. The summed E-state index contributed by atoms with van der Waals surface area (Å²) in [6, 6.07) is 5.67. The molecule has 0 bridgehead atoms. The summed E-state index contributed by atoms with van der Waals surface area (Å²) in [6.45, 7) is 2.70. The Balaban J connectivity index is 2.82. The Morgan fingerprint density at radius 3 is 2.75 bits per heavy atom. The minimum Gasteiger partial charge on any atom is -0.497 e. The number of ether oxygens (including phenoxy) is 2. The lowest BCUT2D eigenvalue weighted by Crippen LogP contribution is -2.15. The van der Waals surface area contributed by atoms with Gasteiger partial charge in [-0.3, -0.25) is 0 Å². The predicted molar refractivity (Wildman–Crippen MR) is 62.9 cm³/mol. The Hall–Kier alpha value is -1.26. The molecule has 1 atom stereocenters. The maximum Gasteiger partial charge on any atom is 0.127 e. The molecule has 0 radical (unpaired) electrons. The molecule has 0 spiro atoms. The number of hydrogen-bond acceptors (Lipinski definition) is 4. The van der Waals surface area contributed by atoms with Gasteiger partial charge >= 0.3 is 0 Å². The van der Waals surface area contributed by atoms with Crippen molar-refractivity contribution in [3.8, 4) is 11.5 Å². The quantitative estimate of drug-likeness (QED) is 0.763. The normalized spacial score (nSPS) is 12.2. The lowest BCUT2D eigenvalue weighted by atomic mass is 10.2. The number of aliphatic hydroxyl groups excluding tert-OH is 1. The molecular weight excluding hydrogens is 206 g/mol. The van der Waals surface area contributed by atoms with Gasteiger partial charge in [0.05, 0.1) is 13.2 Å². The molecule has 0 saturated carbocycles. The van der Waals surface area contributed by atoms with E-state index in [0.717, 1.165) is 23.6 Å². The Labute approximate surface area is 96.2 Å². The van der Waals surface area contributed by atoms with Crippen molar-refractivity contribution in [3.63, 3.8) is 0 Å². The van der Waals surface area contributed by atoms with Crippen molar-refractivity contribution < 1.29 is 14.6 Å². The van der Waals surface area contributed by atoms with Gasteiger partial charge in [-0.25, -0.2) is 0 Å². The molecular formula is C12H19NO3. The Morgan fingerprint density at radius 1 is 1.44 bits per heavy atom. The molecule has 90 valence electrons. The molecule has 0 aromatic heterocycles. The van der Waals surface area contributed by atoms with Gasteiger partial charge in [-0.05, 0) is 20.0 Å². The summed E-state index contributed by atoms with van der Waals surface area (Å²) >= 11 is 0. The average molecular weight is 225 g/mol. The summed E-state index contributed by atoms with van der Waals surface area (Å²) in [7, 11) is 3.49. The standard InChI is InChI=1S/C12H19NO3/c1-9(14)8-16-12-6-11(15-3)5-4-10(12)7-13-2/h4-6,9,13-14H,7-8H2,1-3H3. The first-order chi connectivity index (χ1) is 7.67. The highest BCUT2D eigenvalue weighted by atomic mass is 16.5. The number of benzene rings is 1. The van der Waals surface area contributed by atoms with Gasteiger partial charge in [0.25, 0.3) is 0 Å². The van der Waals surface area contributed by atoms with E-state index in [1.807, 2.05) is 25.2 Å². The molecule has 4 heteroatoms. The fraction of sp³-hybridized carbons (Fsp3) is 0.500. The summed E-state index contributed by atoms with van der Waals surface area (Å²) in [5.74, 6) is 1.50. The van der Waals surface area contributed by atoms with Crippen molar-refractivity contribution in [3.05, 3.63) is 23.8 Å². The number of hydrogen-bond donors (Lipinski definition) is 2. The molecule has 16 heavy (non-hydrogen) atoms. The fourth-order valence-corrected chi connectivity index (χ4v) is 1.34. The van der Waals surface area contributed by atoms with Gasteiger partial charge in [0, 0.05) is 18.2 Å². The van der Waals surface area contributed by atoms with Crippen molar-refractivity contribution in [2.24, 2.45) is 0 Å². The van der Waals surface area contributed by atoms with Gasteiger partial charge in [-0.15, -0.1) is 0 Å². The molecule has 0 heterocycles. The van der Waals surface area contributed by atoms with Gasteiger partial charge < -0.3 is 19.9 Å². The van der Waals surface area contributed by atoms with E-state index in [1.54, 1.807) is 14.0 Å². The largest absolute Gasteiger partial charge is 0.497 e. The summed E-state index contributed by atoms with van der Waals surface area (Å²) in [5, 5.41) is 12.3. The van der Waals surface area contributed by atoms with Gasteiger partial charge in [0.2, 0.25) is 0 Å². The van der Waals surface area contributed by atoms with Crippen molar-refractivity contribution in [1.29, 1.82) is 0 Å². The second-order valence-electron chi connectivity index (χ2n) is 3.66. The average Bonchev–Trinajstić information content (AvgIpc) is 2.28. The van der Waals surface area contributed by atoms with E-state index in [1.165, 1.54) is 0 Å². The van der Waals surface area contributed by atoms with Gasteiger partial charge in [0.15, 0.2) is 0 Å². The van der Waals surface area contributed by atoms with Gasteiger partial charge in [-0.1, -0.05) is 6.07 Å². The second kappa shape index (κ2) is 6.35. The van der Waals surface area contributed by atoms with Crippen molar-refractivity contribution in [2.75, 3.05) is 20.8 Å². The number of nitrogens with one attached hydrogen (secondary N) is 1. The van der Waals surface area contributed by atoms with E-state index in [0.29, 0.717) is 0 Å². The van der Waals surface area contributed by atoms with Crippen LogP contribution >= 0.6 is 0 Å². The van der Waals surface area contributed by atoms with E-state index >= 15 is 0 Å². The molecule has 0 fully saturated rings. The van der Waals surface area contributed by atoms with E-state index in [-0.39, 0.29) is 6.61 Å². The lowest BCUT2D eigenvalue weighted by molar-refractivity contribution is 0.122. The maximum atomic E-state index is 9.19. The minimum absolute atomic E-state index is 0.282. The highest BCUT2D eigenvalue weighted by Crippen LogP contribution is 2.24. The first-order valence-electron chi connectivity index (χ1n) is 5.29. The second-order valence-corrected chi connectivity index (χ2v) is 3.66. The molecule has 0 aliphatic carbocycles. The van der Waals surface area contributed by atoms with Crippen LogP contribution in [0.5, 0.6) is 11.5 Å². The van der Waals surface area contributed by atoms with Crippen LogP contribution in [-0.4, -0.2) is 32.0 Å². The van der Waals surface area contributed by atoms with Crippen LogP contribution in [-0.2, 0) is 6.54 Å². The minimum atomic E-state index is -0.478. The SMILES string of the molecule is CNCc1ccc(OC)cc1OCC(C)O. The van der Waals surface area contributed by atoms with Crippen LogP contribution in [0.15, 0.2) is 18.2 Å². The van der Waals surface area contributed by atoms with Crippen LogP contribution in [0.1, 0.15) is 12.5 Å². The topological polar surface area (TPSA) is 50.7 Å². The third-order valence-electron chi connectivity index (χ3n) is 2.12. The van der Waals surface area contributed by atoms with Crippen molar-refractivity contribution in [2.45, 2.75) is 19.6 Å². The van der Waals surface area contributed by atoms with Crippen LogP contribution in [0.2, 0.25) is 0 Å². The molecule has 4 nitrogen and oxygen atoms in total. The summed E-state index contributed by atoms with van der Waals surface area (Å²) in [4.78, 5) is 0. The molecule has 1 aromatic carbocycles. The molecule has 1 unspecified atom stereocenters. The lowest BCUT2D eigenvalue weighted by Gasteiger charge is -2.13. The van der Waals surface area contributed by atoms with Gasteiger partial charge in [0.1, 0.15) is 18.1 Å². The van der Waals surface area contributed by atoms with Crippen LogP contribution in [0.3, 0.4) is 0 Å². The fourth-order valence-electron chi connectivity index (χ4n) is 1.34. The van der Waals surface area contributed by atoms with Crippen LogP contribution in [0, 0.1) is 0 Å². The highest BCUT2D eigenvalue weighted by Gasteiger charge is 2.06. The Kier molecular flexibility index (Phi) is 5.08. The zero-order valence-corrected chi connectivity index (χ0v) is 9.99. The first-order valence-corrected chi connectivity index (χ1v) is 5.29. The molecule has 1 aromatic rings. The number of rotatable bonds is 6. The van der Waals surface area contributed by atoms with Crippen molar-refractivity contribution in [1.82, 2.24) is 5.32 Å². The van der Waals surface area contributed by atoms with Crippen LogP contribution < -0.4 is 14.8 Å².